The maximum Gasteiger partial charge on any atom is 0.325 e. The topological polar surface area (TPSA) is 291 Å². The average Bonchev–Trinajstić information content (AvgIpc) is 3.80. The minimum absolute atomic E-state index is 0.0697. The molecular formula is C55H83N7O14. The van der Waals surface area contributed by atoms with Crippen LogP contribution in [0.5, 0.6) is 0 Å². The molecule has 1 aromatic rings. The Bertz CT molecular complexity index is 2220. The van der Waals surface area contributed by atoms with Crippen molar-refractivity contribution in [3.05, 3.63) is 48.6 Å². The van der Waals surface area contributed by atoms with E-state index in [1.165, 1.54) is 17.9 Å². The number of likely N-dealkylation sites (tertiary alicyclic amines) is 1. The SMILES string of the molecule is C=CCOC(=O)CNC(=O)C(=O)C(CCC)NC(=O)[C@@H]1CC[C@H](c2ccccc2)N1C(=O)[C@@H](NC(=O)[C@@H](NC(=O)[C@H](CCC(=O)OC(C)(C)C)NC(=O)[C@H](CCC(=O)OC(C)(C)C)NC(C)=O)C(C)C)C1CCCCC1. The van der Waals surface area contributed by atoms with Crippen LogP contribution < -0.4 is 31.9 Å². The van der Waals surface area contributed by atoms with Gasteiger partial charge in [0.05, 0.1) is 12.1 Å². The Morgan fingerprint density at radius 1 is 0.684 bits per heavy atom. The molecule has 1 aliphatic heterocycles. The number of hydrogen-bond acceptors (Lipinski definition) is 14. The lowest BCUT2D eigenvalue weighted by atomic mass is 9.82. The number of amides is 7. The van der Waals surface area contributed by atoms with Crippen LogP contribution in [0.25, 0.3) is 0 Å². The number of nitrogens with zero attached hydrogens (tertiary/aromatic N) is 1. The molecule has 0 bridgehead atoms. The van der Waals surface area contributed by atoms with Crippen LogP contribution in [-0.4, -0.2) is 131 Å². The third-order valence-electron chi connectivity index (χ3n) is 12.7. The number of rotatable bonds is 27. The van der Waals surface area contributed by atoms with E-state index in [1.54, 1.807) is 74.4 Å². The van der Waals surface area contributed by atoms with E-state index in [-0.39, 0.29) is 45.1 Å². The number of hydrogen-bond donors (Lipinski definition) is 6. The second-order valence-electron chi connectivity index (χ2n) is 21.8. The zero-order valence-electron chi connectivity index (χ0n) is 46.1. The van der Waals surface area contributed by atoms with E-state index in [4.69, 9.17) is 14.2 Å². The number of benzene rings is 1. The van der Waals surface area contributed by atoms with Gasteiger partial charge in [-0.25, -0.2) is 0 Å². The summed E-state index contributed by atoms with van der Waals surface area (Å²) in [6.07, 6.45) is 4.75. The molecule has 1 aliphatic carbocycles. The zero-order chi connectivity index (χ0) is 56.9. The molecule has 0 radical (unpaired) electrons. The minimum atomic E-state index is -1.47. The molecule has 7 atom stereocenters. The number of Topliss-reactive ketones (excluding diaryl/α,β-unsaturated/α-hetero) is 1. The van der Waals surface area contributed by atoms with E-state index in [2.05, 4.69) is 38.5 Å². The maximum absolute atomic E-state index is 15.5. The van der Waals surface area contributed by atoms with Crippen LogP contribution in [0.4, 0.5) is 0 Å². The summed E-state index contributed by atoms with van der Waals surface area (Å²) in [5, 5.41) is 15.8. The van der Waals surface area contributed by atoms with Crippen molar-refractivity contribution in [3.63, 3.8) is 0 Å². The molecule has 0 spiro atoms. The van der Waals surface area contributed by atoms with Crippen LogP contribution in [0.15, 0.2) is 43.0 Å². The Balaban J connectivity index is 1.99. The number of esters is 3. The summed E-state index contributed by atoms with van der Waals surface area (Å²) >= 11 is 0. The first kappa shape index (κ1) is 63.6. The molecule has 21 nitrogen and oxygen atoms in total. The first-order chi connectivity index (χ1) is 35.7. The third-order valence-corrected chi connectivity index (χ3v) is 12.7. The van der Waals surface area contributed by atoms with Crippen LogP contribution in [0.1, 0.15) is 164 Å². The van der Waals surface area contributed by atoms with Gasteiger partial charge in [-0.15, -0.1) is 0 Å². The summed E-state index contributed by atoms with van der Waals surface area (Å²) in [5.74, 6) is -9.48. The Morgan fingerprint density at radius 3 is 1.78 bits per heavy atom. The molecule has 1 saturated carbocycles. The Morgan fingerprint density at radius 2 is 1.25 bits per heavy atom. The monoisotopic (exact) mass is 1070 g/mol. The van der Waals surface area contributed by atoms with Gasteiger partial charge in [-0.1, -0.05) is 89.4 Å². The average molecular weight is 1070 g/mol. The summed E-state index contributed by atoms with van der Waals surface area (Å²) in [5.41, 5.74) is -0.964. The smallest absolute Gasteiger partial charge is 0.325 e. The maximum atomic E-state index is 15.5. The molecule has 6 N–H and O–H groups in total. The molecule has 0 aromatic heterocycles. The van der Waals surface area contributed by atoms with Crippen LogP contribution in [-0.2, 0) is 67.0 Å². The van der Waals surface area contributed by atoms with Crippen molar-refractivity contribution < 1.29 is 67.0 Å². The molecule has 422 valence electrons. The summed E-state index contributed by atoms with van der Waals surface area (Å²) in [7, 11) is 0. The fourth-order valence-electron chi connectivity index (χ4n) is 9.21. The van der Waals surface area contributed by atoms with E-state index in [0.29, 0.717) is 25.7 Å². The van der Waals surface area contributed by atoms with Crippen molar-refractivity contribution in [2.75, 3.05) is 13.2 Å². The Kier molecular flexibility index (Phi) is 25.3. The van der Waals surface area contributed by atoms with E-state index in [9.17, 15) is 47.9 Å². The van der Waals surface area contributed by atoms with Gasteiger partial charge in [-0.3, -0.25) is 52.7 Å². The lowest BCUT2D eigenvalue weighted by Crippen LogP contribution is -2.62. The summed E-state index contributed by atoms with van der Waals surface area (Å²) < 4.78 is 15.7. The summed E-state index contributed by atoms with van der Waals surface area (Å²) in [6.45, 7) is 19.1. The third kappa shape index (κ3) is 21.2. The zero-order valence-corrected chi connectivity index (χ0v) is 46.1. The number of ether oxygens (including phenoxy) is 3. The van der Waals surface area contributed by atoms with Gasteiger partial charge in [0.2, 0.25) is 41.2 Å². The van der Waals surface area contributed by atoms with Crippen LogP contribution in [0, 0.1) is 11.8 Å². The number of nitrogens with one attached hydrogen (secondary N) is 6. The van der Waals surface area contributed by atoms with Gasteiger partial charge in [-0.2, -0.15) is 0 Å². The predicted octanol–water partition coefficient (Wildman–Crippen LogP) is 3.86. The molecule has 3 rings (SSSR count). The molecule has 1 heterocycles. The van der Waals surface area contributed by atoms with Gasteiger partial charge in [0.15, 0.2) is 0 Å². The standard InChI is InChI=1S/C55H83N7O14/c1-12-20-37(47(67)52(72)56-32-44(66)74-31-13-2)58-50(70)41-28-27-40(35-21-16-14-17-22-35)62(41)53(73)46(36-23-18-15-19-24-36)61-51(71)45(33(3)4)60-49(69)39(26-30-43(65)76-55(9,10)11)59-48(68)38(57-34(5)63)25-29-42(64)75-54(6,7)8/h13-14,16-17,21-22,33,36-41,45-46H,2,12,15,18-20,23-32H2,1,3-11H3,(H,56,72)(H,57,63)(H,58,70)(H,59,68)(H,60,69)(H,61,71)/t37?,38-,39-,40+,41-,45-,46-/m0/s1. The van der Waals surface area contributed by atoms with E-state index in [0.717, 1.165) is 24.8 Å². The quantitative estimate of drug-likeness (QED) is 0.0316. The Hall–Kier alpha value is -6.67. The predicted molar refractivity (Wildman–Crippen MR) is 280 cm³/mol. The fraction of sp³-hybridized carbons (Fsp3) is 0.655. The second-order valence-corrected chi connectivity index (χ2v) is 21.8. The molecule has 1 unspecified atom stereocenters. The highest BCUT2D eigenvalue weighted by molar-refractivity contribution is 6.38. The van der Waals surface area contributed by atoms with E-state index in [1.807, 2.05) is 18.2 Å². The number of carbonyl (C=O) groups is 11. The molecule has 1 aromatic carbocycles. The van der Waals surface area contributed by atoms with Crippen LogP contribution >= 0.6 is 0 Å². The second kappa shape index (κ2) is 30.2. The van der Waals surface area contributed by atoms with E-state index >= 15 is 4.79 Å². The highest BCUT2D eigenvalue weighted by Crippen LogP contribution is 2.39. The fourth-order valence-corrected chi connectivity index (χ4v) is 9.21. The molecule has 7 amide bonds. The first-order valence-electron chi connectivity index (χ1n) is 26.5. The number of carbonyl (C=O) groups excluding carboxylic acids is 11. The summed E-state index contributed by atoms with van der Waals surface area (Å²) in [4.78, 5) is 151. The van der Waals surface area contributed by atoms with Gasteiger partial charge in [-0.05, 0) is 104 Å². The molecule has 76 heavy (non-hydrogen) atoms. The number of ketones is 1. The summed E-state index contributed by atoms with van der Waals surface area (Å²) in [6, 6.07) is 0.705. The van der Waals surface area contributed by atoms with Crippen LogP contribution in [0.2, 0.25) is 0 Å². The van der Waals surface area contributed by atoms with Gasteiger partial charge < -0.3 is 51.0 Å². The van der Waals surface area contributed by atoms with E-state index < -0.39 is 137 Å². The lowest BCUT2D eigenvalue weighted by Gasteiger charge is -2.38. The van der Waals surface area contributed by atoms with Gasteiger partial charge >= 0.3 is 17.9 Å². The van der Waals surface area contributed by atoms with Gasteiger partial charge in [0, 0.05) is 19.8 Å². The van der Waals surface area contributed by atoms with Crippen molar-refractivity contribution in [1.29, 1.82) is 0 Å². The minimum Gasteiger partial charge on any atom is -0.460 e. The van der Waals surface area contributed by atoms with Crippen molar-refractivity contribution in [1.82, 2.24) is 36.8 Å². The van der Waals surface area contributed by atoms with Crippen LogP contribution in [0.3, 0.4) is 0 Å². The molecule has 1 saturated heterocycles. The lowest BCUT2D eigenvalue weighted by molar-refractivity contribution is -0.156. The van der Waals surface area contributed by atoms with Crippen molar-refractivity contribution in [2.24, 2.45) is 11.8 Å². The normalized spacial score (nSPS) is 17.8. The van der Waals surface area contributed by atoms with Gasteiger partial charge in [0.25, 0.3) is 5.91 Å². The Labute approximate surface area is 447 Å². The van der Waals surface area contributed by atoms with Crippen molar-refractivity contribution >= 4 is 65.0 Å². The molecule has 2 aliphatic rings. The largest absolute Gasteiger partial charge is 0.460 e. The first-order valence-corrected chi connectivity index (χ1v) is 26.5. The molecule has 2 fully saturated rings. The molecular weight excluding hydrogens is 983 g/mol. The molecule has 21 heteroatoms. The van der Waals surface area contributed by atoms with Crippen molar-refractivity contribution in [2.45, 2.75) is 206 Å². The van der Waals surface area contributed by atoms with Gasteiger partial charge in [0.1, 0.15) is 54.6 Å². The van der Waals surface area contributed by atoms with Crippen molar-refractivity contribution in [3.8, 4) is 0 Å². The highest BCUT2D eigenvalue weighted by Gasteiger charge is 2.47. The highest BCUT2D eigenvalue weighted by atomic mass is 16.6.